The van der Waals surface area contributed by atoms with Crippen molar-refractivity contribution in [1.29, 1.82) is 0 Å². The first-order valence-corrected chi connectivity index (χ1v) is 7.40. The predicted octanol–water partition coefficient (Wildman–Crippen LogP) is 3.55. The zero-order chi connectivity index (χ0) is 16.2. The quantitative estimate of drug-likeness (QED) is 0.792. The third-order valence-electron chi connectivity index (χ3n) is 3.77. The van der Waals surface area contributed by atoms with Crippen molar-refractivity contribution in [1.82, 2.24) is 5.32 Å². The van der Waals surface area contributed by atoms with E-state index in [1.807, 2.05) is 18.2 Å². The van der Waals surface area contributed by atoms with E-state index in [2.05, 4.69) is 16.0 Å². The van der Waals surface area contributed by atoms with Gasteiger partial charge in [0.1, 0.15) is 11.6 Å². The van der Waals surface area contributed by atoms with Crippen LogP contribution in [0.3, 0.4) is 0 Å². The van der Waals surface area contributed by atoms with Crippen LogP contribution in [0.15, 0.2) is 36.4 Å². The van der Waals surface area contributed by atoms with Crippen LogP contribution in [0.1, 0.15) is 11.1 Å². The number of rotatable bonds is 3. The fraction of sp³-hybridized carbons (Fsp3) is 0.235. The number of benzene rings is 2. The fourth-order valence-electron chi connectivity index (χ4n) is 2.57. The Balaban J connectivity index is 0.00000208. The van der Waals surface area contributed by atoms with Gasteiger partial charge < -0.3 is 20.7 Å². The zero-order valence-corrected chi connectivity index (χ0v) is 14.0. The Morgan fingerprint density at radius 1 is 1.17 bits per heavy atom. The molecule has 0 bridgehead atoms. The molecular weight excluding hydrogens is 333 g/mol. The minimum absolute atomic E-state index is 0. The van der Waals surface area contributed by atoms with Gasteiger partial charge in [-0.1, -0.05) is 6.07 Å². The Bertz CT molecular complexity index is 740. The number of anilines is 2. The Morgan fingerprint density at radius 2 is 2.00 bits per heavy atom. The predicted molar refractivity (Wildman–Crippen MR) is 94.7 cm³/mol. The molecule has 1 heterocycles. The van der Waals surface area contributed by atoms with Gasteiger partial charge in [-0.25, -0.2) is 9.18 Å². The van der Waals surface area contributed by atoms with Gasteiger partial charge in [-0.05, 0) is 48.4 Å². The summed E-state index contributed by atoms with van der Waals surface area (Å²) in [6.07, 6.45) is 0.928. The maximum absolute atomic E-state index is 13.7. The molecule has 0 aliphatic carbocycles. The second kappa shape index (κ2) is 7.99. The molecule has 1 aliphatic heterocycles. The average Bonchev–Trinajstić information content (AvgIpc) is 2.56. The lowest BCUT2D eigenvalue weighted by Crippen LogP contribution is -2.24. The Kier molecular flexibility index (Phi) is 6.00. The number of amides is 2. The molecule has 7 heteroatoms. The van der Waals surface area contributed by atoms with E-state index in [0.29, 0.717) is 11.4 Å². The lowest BCUT2D eigenvalue weighted by molar-refractivity contribution is 0.262. The zero-order valence-electron chi connectivity index (χ0n) is 13.2. The number of carbonyl (C=O) groups excluding carboxylic acids is 1. The van der Waals surface area contributed by atoms with Crippen LogP contribution in [-0.2, 0) is 13.0 Å². The fourth-order valence-corrected chi connectivity index (χ4v) is 2.57. The van der Waals surface area contributed by atoms with E-state index in [0.717, 1.165) is 19.5 Å². The number of halogens is 2. The number of urea groups is 1. The lowest BCUT2D eigenvalue weighted by atomic mass is 10.0. The van der Waals surface area contributed by atoms with Crippen molar-refractivity contribution < 1.29 is 13.9 Å². The molecular formula is C17H19ClFN3O2. The number of hydrogen-bond donors (Lipinski definition) is 3. The van der Waals surface area contributed by atoms with Crippen LogP contribution in [0.2, 0.25) is 0 Å². The molecule has 0 unspecified atom stereocenters. The maximum atomic E-state index is 13.7. The van der Waals surface area contributed by atoms with Gasteiger partial charge in [0, 0.05) is 18.3 Å². The molecule has 0 spiro atoms. The summed E-state index contributed by atoms with van der Waals surface area (Å²) in [4.78, 5) is 12.1. The minimum Gasteiger partial charge on any atom is -0.497 e. The topological polar surface area (TPSA) is 62.4 Å². The Labute approximate surface area is 146 Å². The highest BCUT2D eigenvalue weighted by atomic mass is 35.5. The van der Waals surface area contributed by atoms with Crippen molar-refractivity contribution in [3.05, 3.63) is 53.3 Å². The first-order chi connectivity index (χ1) is 11.2. The summed E-state index contributed by atoms with van der Waals surface area (Å²) in [5.41, 5.74) is 3.21. The van der Waals surface area contributed by atoms with E-state index >= 15 is 0 Å². The summed E-state index contributed by atoms with van der Waals surface area (Å²) in [7, 11) is 1.49. The van der Waals surface area contributed by atoms with E-state index in [-0.39, 0.29) is 18.1 Å². The molecule has 0 atom stereocenters. The van der Waals surface area contributed by atoms with E-state index in [1.54, 1.807) is 0 Å². The van der Waals surface area contributed by atoms with Crippen LogP contribution in [0, 0.1) is 5.82 Å². The van der Waals surface area contributed by atoms with Crippen molar-refractivity contribution >= 4 is 29.8 Å². The number of nitrogens with one attached hydrogen (secondary N) is 3. The summed E-state index contributed by atoms with van der Waals surface area (Å²) in [6.45, 7) is 1.77. The van der Waals surface area contributed by atoms with Gasteiger partial charge in [0.2, 0.25) is 0 Å². The molecule has 0 fully saturated rings. The molecule has 1 aliphatic rings. The van der Waals surface area contributed by atoms with E-state index in [4.69, 9.17) is 4.74 Å². The second-order valence-corrected chi connectivity index (χ2v) is 5.34. The van der Waals surface area contributed by atoms with Crippen molar-refractivity contribution in [3.63, 3.8) is 0 Å². The van der Waals surface area contributed by atoms with Gasteiger partial charge >= 0.3 is 6.03 Å². The average molecular weight is 352 g/mol. The van der Waals surface area contributed by atoms with E-state index in [1.165, 1.54) is 36.4 Å². The van der Waals surface area contributed by atoms with E-state index < -0.39 is 11.8 Å². The molecule has 0 radical (unpaired) electrons. The van der Waals surface area contributed by atoms with Crippen LogP contribution >= 0.6 is 12.4 Å². The standard InChI is InChI=1S/C17H18FN3O2.ClH/c1-23-14-4-5-15(18)16(9-14)21-17(22)20-13-3-2-12-10-19-7-6-11(12)8-13;/h2-5,8-9,19H,6-7,10H2,1H3,(H2,20,21,22);1H. The molecule has 2 amide bonds. The third-order valence-corrected chi connectivity index (χ3v) is 3.77. The van der Waals surface area contributed by atoms with Crippen LogP contribution in [-0.4, -0.2) is 19.7 Å². The summed E-state index contributed by atoms with van der Waals surface area (Å²) < 4.78 is 18.8. The second-order valence-electron chi connectivity index (χ2n) is 5.34. The molecule has 0 saturated heterocycles. The summed E-state index contributed by atoms with van der Waals surface area (Å²) in [5, 5.41) is 8.52. The summed E-state index contributed by atoms with van der Waals surface area (Å²) in [5.74, 6) is -0.0413. The monoisotopic (exact) mass is 351 g/mol. The van der Waals surface area contributed by atoms with Gasteiger partial charge in [0.25, 0.3) is 0 Å². The third kappa shape index (κ3) is 4.15. The van der Waals surface area contributed by atoms with Crippen molar-refractivity contribution in [3.8, 4) is 5.75 Å². The van der Waals surface area contributed by atoms with Gasteiger partial charge in [-0.3, -0.25) is 0 Å². The smallest absolute Gasteiger partial charge is 0.323 e. The molecule has 3 N–H and O–H groups in total. The first kappa shape index (κ1) is 18.0. The molecule has 2 aromatic carbocycles. The van der Waals surface area contributed by atoms with Crippen molar-refractivity contribution in [2.24, 2.45) is 0 Å². The van der Waals surface area contributed by atoms with Gasteiger partial charge in [-0.2, -0.15) is 0 Å². The molecule has 24 heavy (non-hydrogen) atoms. The summed E-state index contributed by atoms with van der Waals surface area (Å²) in [6, 6.07) is 9.48. The number of fused-ring (bicyclic) bond motifs is 1. The first-order valence-electron chi connectivity index (χ1n) is 7.40. The Hall–Kier alpha value is -2.31. The van der Waals surface area contributed by atoms with Crippen molar-refractivity contribution in [2.75, 3.05) is 24.3 Å². The van der Waals surface area contributed by atoms with Crippen LogP contribution < -0.4 is 20.7 Å². The maximum Gasteiger partial charge on any atom is 0.323 e. The van der Waals surface area contributed by atoms with Crippen molar-refractivity contribution in [2.45, 2.75) is 13.0 Å². The molecule has 128 valence electrons. The summed E-state index contributed by atoms with van der Waals surface area (Å²) >= 11 is 0. The molecule has 2 aromatic rings. The van der Waals surface area contributed by atoms with Crippen LogP contribution in [0.25, 0.3) is 0 Å². The largest absolute Gasteiger partial charge is 0.497 e. The lowest BCUT2D eigenvalue weighted by Gasteiger charge is -2.18. The van der Waals surface area contributed by atoms with Gasteiger partial charge in [0.05, 0.1) is 12.8 Å². The number of hydrogen-bond acceptors (Lipinski definition) is 3. The molecule has 5 nitrogen and oxygen atoms in total. The normalized spacial score (nSPS) is 12.6. The molecule has 3 rings (SSSR count). The van der Waals surface area contributed by atoms with E-state index in [9.17, 15) is 9.18 Å². The highest BCUT2D eigenvalue weighted by molar-refractivity contribution is 6.00. The number of methoxy groups -OCH3 is 1. The SMILES string of the molecule is COc1ccc(F)c(NC(=O)Nc2ccc3c(c2)CCNC3)c1.Cl. The van der Waals surface area contributed by atoms with Gasteiger partial charge in [0.15, 0.2) is 0 Å². The molecule has 0 saturated carbocycles. The highest BCUT2D eigenvalue weighted by Gasteiger charge is 2.11. The Morgan fingerprint density at radius 3 is 2.79 bits per heavy atom. The highest BCUT2D eigenvalue weighted by Crippen LogP contribution is 2.22. The van der Waals surface area contributed by atoms with Crippen LogP contribution in [0.5, 0.6) is 5.75 Å². The number of ether oxygens (including phenoxy) is 1. The van der Waals surface area contributed by atoms with Crippen LogP contribution in [0.4, 0.5) is 20.6 Å². The van der Waals surface area contributed by atoms with Gasteiger partial charge in [-0.15, -0.1) is 12.4 Å². The minimum atomic E-state index is -0.516. The molecule has 0 aromatic heterocycles. The number of carbonyl (C=O) groups is 1.